The molecule has 2 heterocycles. The lowest BCUT2D eigenvalue weighted by Gasteiger charge is -2.17. The van der Waals surface area contributed by atoms with Crippen LogP contribution in [0.2, 0.25) is 0 Å². The lowest BCUT2D eigenvalue weighted by atomic mass is 9.95. The van der Waals surface area contributed by atoms with E-state index < -0.39 is 7.14 Å². The average Bonchev–Trinajstić information content (AvgIpc) is 3.64. The number of para-hydroxylation sites is 2. The zero-order valence-electron chi connectivity index (χ0n) is 30.4. The first-order valence-corrected chi connectivity index (χ1v) is 20.6. The maximum atomic E-state index is 14.8. The number of hydrogen-bond acceptors (Lipinski definition) is 2. The zero-order chi connectivity index (χ0) is 36.9. The topological polar surface area (TPSA) is 34.4 Å². The summed E-state index contributed by atoms with van der Waals surface area (Å²) in [5.74, 6) is 1.89. The van der Waals surface area contributed by atoms with Gasteiger partial charge in [0.15, 0.2) is 7.14 Å². The number of allylic oxidation sites excluding steroid dienone is 5. The average molecular weight is 725 g/mol. The van der Waals surface area contributed by atoms with Gasteiger partial charge in [-0.25, -0.2) is 4.98 Å². The molecular formula is C51H37N2OP. The van der Waals surface area contributed by atoms with E-state index in [1.165, 1.54) is 49.0 Å². The smallest absolute Gasteiger partial charge is 0.164 e. The van der Waals surface area contributed by atoms with Gasteiger partial charge >= 0.3 is 0 Å². The Bertz CT molecular complexity index is 3280. The molecule has 4 heteroatoms. The monoisotopic (exact) mass is 724 g/mol. The van der Waals surface area contributed by atoms with Crippen molar-refractivity contribution in [2.75, 3.05) is 0 Å². The predicted molar refractivity (Wildman–Crippen MR) is 237 cm³/mol. The molecule has 2 aromatic heterocycles. The van der Waals surface area contributed by atoms with Crippen LogP contribution in [0.25, 0.3) is 81.8 Å². The minimum Gasteiger partial charge on any atom is -0.309 e. The molecule has 0 saturated heterocycles. The van der Waals surface area contributed by atoms with Crippen LogP contribution in [0.3, 0.4) is 0 Å². The third-order valence-corrected chi connectivity index (χ3v) is 13.7. The highest BCUT2D eigenvalue weighted by Gasteiger charge is 2.24. The Morgan fingerprint density at radius 3 is 1.98 bits per heavy atom. The zero-order valence-corrected chi connectivity index (χ0v) is 31.3. The fourth-order valence-electron chi connectivity index (χ4n) is 8.26. The SMILES string of the molecule is C/C=C\C/C=C\C=C\P(=O)(c1ccccc1)c1ccc2c(ccc3cc(-c4ccc5c(ccc6c7ccccc7c7nc8ccccc8n7c56)c4)ccc32)c1. The van der Waals surface area contributed by atoms with Gasteiger partial charge < -0.3 is 4.57 Å². The van der Waals surface area contributed by atoms with Crippen LogP contribution in [0.4, 0.5) is 0 Å². The van der Waals surface area contributed by atoms with Gasteiger partial charge in [-0.05, 0) is 92.9 Å². The summed E-state index contributed by atoms with van der Waals surface area (Å²) in [6, 6.07) is 55.6. The second-order valence-electron chi connectivity index (χ2n) is 14.2. The molecule has 262 valence electrons. The van der Waals surface area contributed by atoms with E-state index in [4.69, 9.17) is 4.98 Å². The molecule has 1 unspecified atom stereocenters. The van der Waals surface area contributed by atoms with Crippen LogP contribution >= 0.6 is 7.14 Å². The molecule has 0 aliphatic rings. The predicted octanol–water partition coefficient (Wildman–Crippen LogP) is 13.3. The van der Waals surface area contributed by atoms with Crippen LogP contribution in [0.1, 0.15) is 13.3 Å². The molecule has 0 bridgehead atoms. The first-order chi connectivity index (χ1) is 27.1. The first kappa shape index (κ1) is 33.1. The van der Waals surface area contributed by atoms with Crippen molar-refractivity contribution < 1.29 is 4.57 Å². The summed E-state index contributed by atoms with van der Waals surface area (Å²) in [5.41, 5.74) is 6.63. The fourth-order valence-corrected chi connectivity index (χ4v) is 10.5. The summed E-state index contributed by atoms with van der Waals surface area (Å²) >= 11 is 0. The van der Waals surface area contributed by atoms with E-state index in [0.29, 0.717) is 0 Å². The van der Waals surface area contributed by atoms with Gasteiger partial charge in [-0.2, -0.15) is 0 Å². The van der Waals surface area contributed by atoms with Crippen LogP contribution in [0.5, 0.6) is 0 Å². The third-order valence-electron chi connectivity index (χ3n) is 11.0. The lowest BCUT2D eigenvalue weighted by molar-refractivity contribution is 0.592. The standard InChI is InChI=1S/C51H37N2OP/c1-2-3-4-5-6-14-31-55(54,40-15-8-7-9-16-40)41-26-30-43-39(34-41)22-21-37-32-35(23-27-42(37)43)36-24-28-44-38(33-36)25-29-46-45-17-10-11-18-47(45)51-52-48-19-12-13-20-49(48)53(51)50(44)46/h2-3,5-34H,4H2,1H3/b3-2-,6-5-,31-14+. The number of pyridine rings is 1. The minimum atomic E-state index is -3.02. The molecule has 3 nitrogen and oxygen atoms in total. The van der Waals surface area contributed by atoms with E-state index in [9.17, 15) is 4.57 Å². The van der Waals surface area contributed by atoms with E-state index in [1.54, 1.807) is 0 Å². The summed E-state index contributed by atoms with van der Waals surface area (Å²) in [7, 11) is -3.02. The number of nitrogens with zero attached hydrogens (tertiary/aromatic N) is 2. The molecule has 8 aromatic carbocycles. The Hall–Kier alpha value is -6.54. The second-order valence-corrected chi connectivity index (χ2v) is 16.8. The van der Waals surface area contributed by atoms with Gasteiger partial charge in [0, 0.05) is 26.8 Å². The molecule has 0 N–H and O–H groups in total. The van der Waals surface area contributed by atoms with Gasteiger partial charge in [-0.3, -0.25) is 4.40 Å². The first-order valence-electron chi connectivity index (χ1n) is 18.8. The maximum Gasteiger partial charge on any atom is 0.164 e. The molecule has 10 aromatic rings. The van der Waals surface area contributed by atoms with Crippen molar-refractivity contribution in [1.29, 1.82) is 0 Å². The van der Waals surface area contributed by atoms with Gasteiger partial charge in [-0.15, -0.1) is 0 Å². The molecule has 0 aliphatic heterocycles. The number of imidazole rings is 1. The van der Waals surface area contributed by atoms with Gasteiger partial charge in [0.25, 0.3) is 0 Å². The normalized spacial score (nSPS) is 13.6. The molecule has 0 radical (unpaired) electrons. The Balaban J connectivity index is 1.06. The summed E-state index contributed by atoms with van der Waals surface area (Å²) < 4.78 is 17.2. The van der Waals surface area contributed by atoms with Crippen molar-refractivity contribution in [2.45, 2.75) is 13.3 Å². The number of aromatic nitrogens is 2. The van der Waals surface area contributed by atoms with Gasteiger partial charge in [-0.1, -0.05) is 158 Å². The summed E-state index contributed by atoms with van der Waals surface area (Å²) in [6.07, 6.45) is 11.0. The van der Waals surface area contributed by atoms with Gasteiger partial charge in [0.05, 0.1) is 16.6 Å². The van der Waals surface area contributed by atoms with E-state index in [2.05, 4.69) is 144 Å². The van der Waals surface area contributed by atoms with Gasteiger partial charge in [0.1, 0.15) is 5.65 Å². The van der Waals surface area contributed by atoms with Crippen molar-refractivity contribution in [3.8, 4) is 11.1 Å². The van der Waals surface area contributed by atoms with Gasteiger partial charge in [0.2, 0.25) is 0 Å². The van der Waals surface area contributed by atoms with E-state index in [1.807, 2.05) is 61.3 Å². The van der Waals surface area contributed by atoms with Crippen molar-refractivity contribution in [2.24, 2.45) is 0 Å². The highest BCUT2D eigenvalue weighted by molar-refractivity contribution is 7.81. The molecule has 0 saturated carbocycles. The van der Waals surface area contributed by atoms with Crippen LogP contribution in [0, 0.1) is 0 Å². The molecule has 0 aliphatic carbocycles. The number of rotatable bonds is 7. The lowest BCUT2D eigenvalue weighted by Crippen LogP contribution is -2.14. The Morgan fingerprint density at radius 2 is 1.18 bits per heavy atom. The molecule has 1 atom stereocenters. The third kappa shape index (κ3) is 5.51. The largest absolute Gasteiger partial charge is 0.309 e. The minimum absolute atomic E-state index is 0.831. The Labute approximate surface area is 319 Å². The van der Waals surface area contributed by atoms with Crippen LogP contribution < -0.4 is 10.6 Å². The number of benzene rings is 8. The summed E-state index contributed by atoms with van der Waals surface area (Å²) in [6.45, 7) is 2.02. The maximum absolute atomic E-state index is 14.8. The van der Waals surface area contributed by atoms with Crippen LogP contribution in [0.15, 0.2) is 194 Å². The van der Waals surface area contributed by atoms with Crippen LogP contribution in [-0.4, -0.2) is 9.38 Å². The van der Waals surface area contributed by atoms with E-state index in [-0.39, 0.29) is 0 Å². The van der Waals surface area contributed by atoms with Crippen molar-refractivity contribution >= 4 is 88.4 Å². The molecule has 0 spiro atoms. The Kier molecular flexibility index (Phi) is 8.05. The van der Waals surface area contributed by atoms with Crippen molar-refractivity contribution in [3.05, 3.63) is 194 Å². The second kappa shape index (κ2) is 13.4. The van der Waals surface area contributed by atoms with Crippen LogP contribution in [-0.2, 0) is 4.57 Å². The molecule has 0 fully saturated rings. The fraction of sp³-hybridized carbons (Fsp3) is 0.0392. The summed E-state index contributed by atoms with van der Waals surface area (Å²) in [5, 5.41) is 12.2. The van der Waals surface area contributed by atoms with E-state index >= 15 is 0 Å². The summed E-state index contributed by atoms with van der Waals surface area (Å²) in [4.78, 5) is 5.11. The quantitative estimate of drug-likeness (QED) is 0.0710. The Morgan fingerprint density at radius 1 is 0.545 bits per heavy atom. The molecule has 55 heavy (non-hydrogen) atoms. The van der Waals surface area contributed by atoms with E-state index in [0.717, 1.165) is 49.9 Å². The highest BCUT2D eigenvalue weighted by atomic mass is 31.2. The van der Waals surface area contributed by atoms with Crippen molar-refractivity contribution in [1.82, 2.24) is 9.38 Å². The van der Waals surface area contributed by atoms with Crippen molar-refractivity contribution in [3.63, 3.8) is 0 Å². The number of fused-ring (bicyclic) bond motifs is 13. The molecular weight excluding hydrogens is 688 g/mol. The molecule has 0 amide bonds. The number of hydrogen-bond donors (Lipinski definition) is 0. The molecule has 10 rings (SSSR count). The highest BCUT2D eigenvalue weighted by Crippen LogP contribution is 2.46.